The molecule has 100 valence electrons. The predicted octanol–water partition coefficient (Wildman–Crippen LogP) is 2.26. The Balaban J connectivity index is 0. The molecule has 0 radical (unpaired) electrons. The van der Waals surface area contributed by atoms with Gasteiger partial charge in [-0.15, -0.1) is 0 Å². The first-order valence-corrected chi connectivity index (χ1v) is 8.57. The van der Waals surface area contributed by atoms with E-state index < -0.39 is 29.3 Å². The molecule has 9 heteroatoms. The Labute approximate surface area is 94.4 Å². The molecule has 0 N–H and O–H groups in total. The van der Waals surface area contributed by atoms with E-state index in [0.717, 1.165) is 0 Å². The van der Waals surface area contributed by atoms with Gasteiger partial charge in [-0.1, -0.05) is 33.9 Å². The van der Waals surface area contributed by atoms with Gasteiger partial charge in [0.25, 0.3) is 0 Å². The highest BCUT2D eigenvalue weighted by atomic mass is 32.3. The van der Waals surface area contributed by atoms with E-state index in [1.165, 1.54) is 13.1 Å². The molecule has 0 amide bonds. The van der Waals surface area contributed by atoms with Gasteiger partial charge in [0.05, 0.1) is 0 Å². The molecule has 0 aromatic heterocycles. The van der Waals surface area contributed by atoms with Crippen LogP contribution >= 0.6 is 0 Å². The van der Waals surface area contributed by atoms with Crippen LogP contribution in [0.1, 0.15) is 20.8 Å². The molecular formula is C7H15F3O4SSi-2. The largest absolute Gasteiger partial charge is 0.759 e. The summed E-state index contributed by atoms with van der Waals surface area (Å²) in [6.07, 6.45) is 0. The molecule has 0 heterocycles. The summed E-state index contributed by atoms with van der Waals surface area (Å²) in [5.74, 6) is -3.98. The van der Waals surface area contributed by atoms with E-state index in [9.17, 15) is 13.2 Å². The molecule has 0 rings (SSSR count). The van der Waals surface area contributed by atoms with Crippen molar-refractivity contribution in [2.24, 2.45) is 0 Å². The maximum Gasteiger partial charge on any atom is 0.361 e. The molecule has 0 aromatic carbocycles. The van der Waals surface area contributed by atoms with E-state index in [0.29, 0.717) is 0 Å². The second kappa shape index (κ2) is 5.03. The molecule has 0 fully saturated rings. The fourth-order valence-corrected chi connectivity index (χ4v) is 1.28. The van der Waals surface area contributed by atoms with E-state index in [2.05, 4.69) is 0 Å². The van der Waals surface area contributed by atoms with Crippen molar-refractivity contribution in [2.45, 2.75) is 44.7 Å². The highest BCUT2D eigenvalue weighted by Gasteiger charge is 2.56. The molecule has 0 unspecified atom stereocenters. The molecule has 0 atom stereocenters. The summed E-state index contributed by atoms with van der Waals surface area (Å²) in [5, 5.41) is -0.606. The topological polar surface area (TPSA) is 80.3 Å². The van der Waals surface area contributed by atoms with Crippen molar-refractivity contribution in [3.8, 4) is 0 Å². The van der Waals surface area contributed by atoms with Gasteiger partial charge in [0.1, 0.15) is 0 Å². The summed E-state index contributed by atoms with van der Waals surface area (Å²) in [5.41, 5.74) is 0. The van der Waals surface area contributed by atoms with Crippen molar-refractivity contribution < 1.29 is 30.7 Å². The molecule has 0 aliphatic carbocycles. The van der Waals surface area contributed by atoms with Crippen LogP contribution in [0.15, 0.2) is 0 Å². The van der Waals surface area contributed by atoms with Crippen LogP contribution in [0.2, 0.25) is 18.1 Å². The summed E-state index contributed by atoms with van der Waals surface area (Å²) in [4.78, 5) is 0. The van der Waals surface area contributed by atoms with Crippen molar-refractivity contribution in [1.82, 2.24) is 0 Å². The Morgan fingerprint density at radius 2 is 1.19 bits per heavy atom. The van der Waals surface area contributed by atoms with Gasteiger partial charge in [0, 0.05) is 10.4 Å². The smallest absolute Gasteiger partial charge is 0.361 e. The first-order chi connectivity index (χ1) is 6.50. The molecule has 0 saturated carbocycles. The molecule has 16 heavy (non-hydrogen) atoms. The van der Waals surface area contributed by atoms with Crippen LogP contribution in [0.25, 0.3) is 0 Å². The van der Waals surface area contributed by atoms with Crippen molar-refractivity contribution in [2.75, 3.05) is 0 Å². The van der Waals surface area contributed by atoms with Crippen molar-refractivity contribution in [1.29, 1.82) is 0 Å². The summed E-state index contributed by atoms with van der Waals surface area (Å²) in [7, 11) is -8.27. The van der Waals surface area contributed by atoms with Crippen LogP contribution in [-0.2, 0) is 10.4 Å². The highest BCUT2D eigenvalue weighted by Crippen LogP contribution is 2.45. The van der Waals surface area contributed by atoms with Crippen LogP contribution in [0.4, 0.5) is 13.2 Å². The minimum absolute atomic E-state index is 0.606. The number of rotatable bonds is 0. The van der Waals surface area contributed by atoms with Crippen molar-refractivity contribution >= 4 is 18.5 Å². The third-order valence-electron chi connectivity index (χ3n) is 2.58. The zero-order chi connectivity index (χ0) is 14.0. The van der Waals surface area contributed by atoms with Crippen LogP contribution in [0.5, 0.6) is 0 Å². The molecular weight excluding hydrogens is 265 g/mol. The lowest BCUT2D eigenvalue weighted by Gasteiger charge is -2.37. The zero-order valence-electron chi connectivity index (χ0n) is 9.68. The zero-order valence-corrected chi connectivity index (χ0v) is 11.5. The second-order valence-corrected chi connectivity index (χ2v) is 10.9. The van der Waals surface area contributed by atoms with Crippen LogP contribution < -0.4 is 0 Å². The minimum atomic E-state index is -5.17. The summed E-state index contributed by atoms with van der Waals surface area (Å²) in [6.45, 7) is 7.71. The lowest BCUT2D eigenvalue weighted by atomic mass is 10.2. The van der Waals surface area contributed by atoms with Gasteiger partial charge in [-0.05, 0) is 5.04 Å². The molecule has 0 aliphatic heterocycles. The monoisotopic (exact) mass is 280 g/mol. The first kappa shape index (κ1) is 18.2. The maximum atomic E-state index is 12.4. The lowest BCUT2D eigenvalue weighted by molar-refractivity contribution is -0.0590. The third-order valence-corrected chi connectivity index (χ3v) is 7.75. The van der Waals surface area contributed by atoms with Gasteiger partial charge in [-0.3, -0.25) is 8.42 Å². The number of halogens is 3. The normalized spacial score (nSPS) is 14.1. The Morgan fingerprint density at radius 1 is 1.00 bits per heavy atom. The van der Waals surface area contributed by atoms with Gasteiger partial charge >= 0.3 is 5.80 Å². The Kier molecular flexibility index (Phi) is 5.73. The fourth-order valence-electron chi connectivity index (χ4n) is 0.425. The van der Waals surface area contributed by atoms with E-state index in [1.54, 1.807) is 20.8 Å². The first-order valence-electron chi connectivity index (χ1n) is 4.23. The van der Waals surface area contributed by atoms with Gasteiger partial charge in [-0.2, -0.15) is 13.2 Å². The molecule has 0 spiro atoms. The standard InChI is InChI=1S/C7H15F3Si.H2O4S/c1-6(2,3)11(4,5)7(8,9)10;1-5(2,3)4/h1-5H3;(H2,1,2,3,4)/p-2. The number of hydrogen-bond acceptors (Lipinski definition) is 4. The quantitative estimate of drug-likeness (QED) is 0.387. The van der Waals surface area contributed by atoms with Crippen molar-refractivity contribution in [3.05, 3.63) is 0 Å². The van der Waals surface area contributed by atoms with Gasteiger partial charge in [0.15, 0.2) is 8.07 Å². The Hall–Kier alpha value is -0.123. The molecule has 0 aliphatic rings. The van der Waals surface area contributed by atoms with Crippen LogP contribution in [0, 0.1) is 0 Å². The molecule has 4 nitrogen and oxygen atoms in total. The lowest BCUT2D eigenvalue weighted by Crippen LogP contribution is -2.51. The Bertz CT molecular complexity index is 292. The maximum absolute atomic E-state index is 12.4. The molecule has 0 saturated heterocycles. The number of hydrogen-bond donors (Lipinski definition) is 0. The van der Waals surface area contributed by atoms with E-state index in [-0.39, 0.29) is 0 Å². The average Bonchev–Trinajstić information content (AvgIpc) is 1.76. The highest BCUT2D eigenvalue weighted by molar-refractivity contribution is 7.79. The summed E-state index contributed by atoms with van der Waals surface area (Å²) < 4.78 is 71.3. The van der Waals surface area contributed by atoms with Gasteiger partial charge in [0.2, 0.25) is 0 Å². The van der Waals surface area contributed by atoms with Gasteiger partial charge in [-0.25, -0.2) is 0 Å². The summed E-state index contributed by atoms with van der Waals surface area (Å²) in [6, 6.07) is 0. The van der Waals surface area contributed by atoms with Gasteiger partial charge < -0.3 is 9.11 Å². The molecule has 0 aromatic rings. The van der Waals surface area contributed by atoms with Crippen LogP contribution in [0.3, 0.4) is 0 Å². The fraction of sp³-hybridized carbons (Fsp3) is 1.00. The molecule has 0 bridgehead atoms. The summed E-state index contributed by atoms with van der Waals surface area (Å²) >= 11 is 0. The predicted molar refractivity (Wildman–Crippen MR) is 53.7 cm³/mol. The average molecular weight is 280 g/mol. The minimum Gasteiger partial charge on any atom is -0.759 e. The van der Waals surface area contributed by atoms with E-state index >= 15 is 0 Å². The van der Waals surface area contributed by atoms with E-state index in [1.807, 2.05) is 0 Å². The van der Waals surface area contributed by atoms with E-state index in [4.69, 9.17) is 17.5 Å². The van der Waals surface area contributed by atoms with Crippen molar-refractivity contribution in [3.63, 3.8) is 0 Å². The van der Waals surface area contributed by atoms with Crippen LogP contribution in [-0.4, -0.2) is 31.4 Å². The second-order valence-electron chi connectivity index (χ2n) is 4.78. The Morgan fingerprint density at radius 3 is 1.19 bits per heavy atom. The third kappa shape index (κ3) is 7.20. The SMILES string of the molecule is CC(C)(C)[Si](C)(C)C(F)(F)F.O=S(=O)([O-])[O-]. The number of alkyl halides is 3.